The van der Waals surface area contributed by atoms with Crippen molar-refractivity contribution in [2.75, 3.05) is 39.3 Å². The maximum absolute atomic E-state index is 13.4. The summed E-state index contributed by atoms with van der Waals surface area (Å²) in [6.45, 7) is 3.25. The number of carbonyl (C=O) groups is 7. The van der Waals surface area contributed by atoms with Gasteiger partial charge in [0.1, 0.15) is 12.6 Å². The number of hydrogen-bond donors (Lipinski definition) is 4. The minimum atomic E-state index is -0.994. The van der Waals surface area contributed by atoms with Crippen LogP contribution in [-0.4, -0.2) is 132 Å². The minimum absolute atomic E-state index is 0.0657. The van der Waals surface area contributed by atoms with Gasteiger partial charge in [0.05, 0.1) is 29.6 Å². The maximum atomic E-state index is 13.4. The number of aliphatic imine (C=N–C) groups is 1. The number of likely N-dealkylation sites (tertiary alicyclic amines) is 1. The molecule has 0 radical (unpaired) electrons. The van der Waals surface area contributed by atoms with Crippen molar-refractivity contribution in [3.05, 3.63) is 11.3 Å². The number of hydrogen-bond acceptors (Lipinski definition) is 11. The Morgan fingerprint density at radius 1 is 0.860 bits per heavy atom. The Kier molecular flexibility index (Phi) is 13.4. The molecule has 0 aromatic carbocycles. The Morgan fingerprint density at radius 2 is 1.65 bits per heavy atom. The summed E-state index contributed by atoms with van der Waals surface area (Å²) in [5.74, 6) is -3.66. The molecule has 0 bridgehead atoms. The summed E-state index contributed by atoms with van der Waals surface area (Å²) in [5.41, 5.74) is 7.36. The van der Waals surface area contributed by atoms with Crippen LogP contribution >= 0.6 is 0 Å². The summed E-state index contributed by atoms with van der Waals surface area (Å²) in [4.78, 5) is 99.0. The molecule has 0 aromatic heterocycles. The third kappa shape index (κ3) is 9.42. The van der Waals surface area contributed by atoms with Crippen LogP contribution in [0.4, 0.5) is 0 Å². The largest absolute Gasteiger partial charge is 0.385 e. The molecule has 6 fully saturated rings. The maximum Gasteiger partial charge on any atom is 0.252 e. The fourth-order valence-electron chi connectivity index (χ4n) is 10.4. The number of imide groups is 2. The van der Waals surface area contributed by atoms with Crippen molar-refractivity contribution in [2.45, 2.75) is 139 Å². The number of carbonyl (C=O) groups excluding carboxylic acids is 7. The van der Waals surface area contributed by atoms with Crippen LogP contribution in [0, 0.1) is 17.8 Å². The molecular formula is C41H60N8O8. The van der Waals surface area contributed by atoms with E-state index in [4.69, 9.17) is 15.5 Å². The number of piperidine rings is 1. The zero-order valence-electron chi connectivity index (χ0n) is 33.1. The summed E-state index contributed by atoms with van der Waals surface area (Å²) in [6.07, 6.45) is 14.5. The van der Waals surface area contributed by atoms with Crippen molar-refractivity contribution >= 4 is 47.6 Å². The molecule has 7 unspecified atom stereocenters. The molecule has 5 N–H and O–H groups in total. The van der Waals surface area contributed by atoms with E-state index in [2.05, 4.69) is 20.9 Å². The number of unbranched alkanes of at least 4 members (excludes halogenated alkanes) is 2. The van der Waals surface area contributed by atoms with Crippen LogP contribution in [0.5, 0.6) is 0 Å². The number of primary amides is 1. The first-order chi connectivity index (χ1) is 27.6. The van der Waals surface area contributed by atoms with Gasteiger partial charge >= 0.3 is 0 Å². The van der Waals surface area contributed by atoms with E-state index in [1.807, 2.05) is 4.90 Å². The van der Waals surface area contributed by atoms with E-state index in [1.165, 1.54) is 19.3 Å². The SMILES string of the molecule is NC(=O)C1=C(NC2CCCCC2)C2CC(N3CCN(C(=O)CCCCCNC(=O)COC4CCCC5C(=O)N(C6CCC(=O)NC6=O)C(=O)C45)CC3)CCC2N=C1. The lowest BCUT2D eigenvalue weighted by atomic mass is 9.76. The fourth-order valence-corrected chi connectivity index (χ4v) is 10.4. The first-order valence-electron chi connectivity index (χ1n) is 21.5. The van der Waals surface area contributed by atoms with Crippen LogP contribution in [0.2, 0.25) is 0 Å². The highest BCUT2D eigenvalue weighted by Gasteiger charge is 2.56. The molecule has 4 heterocycles. The van der Waals surface area contributed by atoms with Crippen molar-refractivity contribution in [3.8, 4) is 0 Å². The zero-order valence-corrected chi connectivity index (χ0v) is 33.1. The topological polar surface area (TPSA) is 213 Å². The Balaban J connectivity index is 0.780. The molecule has 4 aliphatic heterocycles. The lowest BCUT2D eigenvalue weighted by Crippen LogP contribution is -2.54. The molecule has 7 atom stereocenters. The number of dihydropyridines is 1. The predicted molar refractivity (Wildman–Crippen MR) is 208 cm³/mol. The number of ether oxygens (including phenoxy) is 1. The third-order valence-corrected chi connectivity index (χ3v) is 13.5. The highest BCUT2D eigenvalue weighted by atomic mass is 16.5. The molecule has 3 saturated heterocycles. The quantitative estimate of drug-likeness (QED) is 0.145. The molecule has 0 aromatic rings. The van der Waals surface area contributed by atoms with Gasteiger partial charge in [0.25, 0.3) is 5.91 Å². The third-order valence-electron chi connectivity index (χ3n) is 13.5. The molecule has 3 saturated carbocycles. The average Bonchev–Trinajstić information content (AvgIpc) is 3.47. The molecule has 7 amide bonds. The van der Waals surface area contributed by atoms with E-state index in [-0.39, 0.29) is 43.2 Å². The van der Waals surface area contributed by atoms with E-state index in [1.54, 1.807) is 6.21 Å². The van der Waals surface area contributed by atoms with E-state index >= 15 is 0 Å². The summed E-state index contributed by atoms with van der Waals surface area (Å²) in [7, 11) is 0. The molecule has 7 aliphatic rings. The molecule has 57 heavy (non-hydrogen) atoms. The molecular weight excluding hydrogens is 732 g/mol. The van der Waals surface area contributed by atoms with Gasteiger partial charge in [0.2, 0.25) is 35.4 Å². The Labute approximate surface area is 334 Å². The lowest BCUT2D eigenvalue weighted by molar-refractivity contribution is -0.152. The number of nitrogens with zero attached hydrogens (tertiary/aromatic N) is 4. The summed E-state index contributed by atoms with van der Waals surface area (Å²) < 4.78 is 5.90. The van der Waals surface area contributed by atoms with Crippen LogP contribution in [-0.2, 0) is 38.3 Å². The Bertz CT molecular complexity index is 1640. The minimum Gasteiger partial charge on any atom is -0.385 e. The molecule has 7 rings (SSSR count). The molecule has 16 nitrogen and oxygen atoms in total. The molecule has 0 spiro atoms. The normalized spacial score (nSPS) is 31.2. The van der Waals surface area contributed by atoms with Crippen LogP contribution in [0.15, 0.2) is 16.3 Å². The Hall–Kier alpha value is -4.18. The van der Waals surface area contributed by atoms with Crippen molar-refractivity contribution in [1.82, 2.24) is 30.7 Å². The first-order valence-corrected chi connectivity index (χ1v) is 21.5. The molecule has 3 aliphatic carbocycles. The predicted octanol–water partition coefficient (Wildman–Crippen LogP) is 1.07. The van der Waals surface area contributed by atoms with Crippen molar-refractivity contribution in [3.63, 3.8) is 0 Å². The van der Waals surface area contributed by atoms with Crippen molar-refractivity contribution in [2.24, 2.45) is 28.5 Å². The van der Waals surface area contributed by atoms with E-state index < -0.39 is 53.5 Å². The van der Waals surface area contributed by atoms with Gasteiger partial charge in [0.15, 0.2) is 0 Å². The average molecular weight is 793 g/mol. The van der Waals surface area contributed by atoms with Gasteiger partial charge < -0.3 is 26.0 Å². The van der Waals surface area contributed by atoms with Gasteiger partial charge in [-0.3, -0.25) is 53.7 Å². The van der Waals surface area contributed by atoms with Gasteiger partial charge in [-0.25, -0.2) is 0 Å². The van der Waals surface area contributed by atoms with Crippen LogP contribution in [0.25, 0.3) is 0 Å². The van der Waals surface area contributed by atoms with Gasteiger partial charge in [-0.2, -0.15) is 0 Å². The van der Waals surface area contributed by atoms with Crippen LogP contribution < -0.4 is 21.7 Å². The standard InChI is InChI=1S/C41H60N8O8/c42-38(53)29-23-44-30-14-13-26(22-28(30)37(29)45-25-8-3-1-4-9-25)47-18-20-48(21-19-47)35(52)12-5-2-6-17-43-34(51)24-57-32-11-7-10-27-36(32)41(56)49(40(27)55)31-15-16-33(50)46-39(31)54/h23,25-28,30-32,36,45H,1-22,24H2,(H2,42,53)(H,43,51)(H,46,50,54). The summed E-state index contributed by atoms with van der Waals surface area (Å²) >= 11 is 0. The smallest absolute Gasteiger partial charge is 0.252 e. The number of rotatable bonds is 14. The zero-order chi connectivity index (χ0) is 40.1. The summed E-state index contributed by atoms with van der Waals surface area (Å²) in [5, 5.41) is 8.84. The number of nitrogens with one attached hydrogen (secondary N) is 3. The van der Waals surface area contributed by atoms with E-state index in [9.17, 15) is 33.6 Å². The number of amides is 7. The highest BCUT2D eigenvalue weighted by Crippen LogP contribution is 2.42. The monoisotopic (exact) mass is 792 g/mol. The van der Waals surface area contributed by atoms with E-state index in [0.717, 1.165) is 68.6 Å². The van der Waals surface area contributed by atoms with Crippen molar-refractivity contribution in [1.29, 1.82) is 0 Å². The number of piperazine rings is 1. The van der Waals surface area contributed by atoms with Gasteiger partial charge in [-0.15, -0.1) is 0 Å². The Morgan fingerprint density at radius 3 is 2.40 bits per heavy atom. The van der Waals surface area contributed by atoms with Gasteiger partial charge in [0, 0.05) is 75.5 Å². The molecule has 16 heteroatoms. The lowest BCUT2D eigenvalue weighted by Gasteiger charge is -2.45. The second-order valence-electron chi connectivity index (χ2n) is 17.1. The highest BCUT2D eigenvalue weighted by molar-refractivity contribution is 6.13. The fraction of sp³-hybridized carbons (Fsp3) is 0.756. The number of fused-ring (bicyclic) bond motifs is 2. The van der Waals surface area contributed by atoms with Gasteiger partial charge in [-0.1, -0.05) is 32.1 Å². The second-order valence-corrected chi connectivity index (χ2v) is 17.1. The van der Waals surface area contributed by atoms with E-state index in [0.29, 0.717) is 69.4 Å². The van der Waals surface area contributed by atoms with Crippen molar-refractivity contribution < 1.29 is 38.3 Å². The second kappa shape index (κ2) is 18.6. The van der Waals surface area contributed by atoms with Crippen LogP contribution in [0.1, 0.15) is 109 Å². The van der Waals surface area contributed by atoms with Gasteiger partial charge in [-0.05, 0) is 64.2 Å². The number of nitrogens with two attached hydrogens (primary N) is 1. The first kappa shape index (κ1) is 41.0. The van der Waals surface area contributed by atoms with Crippen LogP contribution in [0.3, 0.4) is 0 Å². The summed E-state index contributed by atoms with van der Waals surface area (Å²) in [6, 6.07) is -0.0719. The molecule has 312 valence electrons.